The SMILES string of the molecule is C[n+]1ccn(CCCCCCn2cc[n+](C)c2)c1.[Cl-].[Cl-].c1cn(CCCCCCn2ccnc2)cn1. The zero-order chi connectivity index (χ0) is 23.8. The average molecular weight is 538 g/mol. The summed E-state index contributed by atoms with van der Waals surface area (Å²) in [5.41, 5.74) is 0. The zero-order valence-electron chi connectivity index (χ0n) is 21.7. The second-order valence-electron chi connectivity index (χ2n) is 9.06. The van der Waals surface area contributed by atoms with Gasteiger partial charge in [0.05, 0.1) is 39.8 Å². The lowest BCUT2D eigenvalue weighted by atomic mass is 10.2. The van der Waals surface area contributed by atoms with Crippen LogP contribution in [0.4, 0.5) is 0 Å². The van der Waals surface area contributed by atoms with E-state index in [1.807, 2.05) is 37.4 Å². The summed E-state index contributed by atoms with van der Waals surface area (Å²) < 4.78 is 13.0. The summed E-state index contributed by atoms with van der Waals surface area (Å²) >= 11 is 0. The first-order valence-electron chi connectivity index (χ1n) is 12.6. The van der Waals surface area contributed by atoms with Crippen LogP contribution in [0.15, 0.2) is 74.9 Å². The molecule has 0 amide bonds. The maximum atomic E-state index is 4.02. The van der Waals surface area contributed by atoms with Gasteiger partial charge in [0.2, 0.25) is 12.7 Å². The van der Waals surface area contributed by atoms with Crippen LogP contribution in [0.2, 0.25) is 0 Å². The molecule has 4 rings (SSSR count). The summed E-state index contributed by atoms with van der Waals surface area (Å²) in [6.45, 7) is 4.45. The van der Waals surface area contributed by atoms with Gasteiger partial charge in [0.1, 0.15) is 24.8 Å². The molecule has 200 valence electrons. The Hall–Kier alpha value is -2.58. The van der Waals surface area contributed by atoms with Crippen LogP contribution >= 0.6 is 0 Å². The van der Waals surface area contributed by atoms with Crippen LogP contribution in [-0.4, -0.2) is 28.2 Å². The Morgan fingerprint density at radius 2 is 0.861 bits per heavy atom. The van der Waals surface area contributed by atoms with Crippen LogP contribution in [0.1, 0.15) is 51.4 Å². The Morgan fingerprint density at radius 1 is 0.500 bits per heavy atom. The molecule has 0 radical (unpaired) electrons. The quantitative estimate of drug-likeness (QED) is 0.133. The van der Waals surface area contributed by atoms with E-state index in [1.54, 1.807) is 0 Å². The molecule has 4 aromatic heterocycles. The minimum atomic E-state index is 0. The van der Waals surface area contributed by atoms with Gasteiger partial charge in [-0.2, -0.15) is 0 Å². The molecular weight excluding hydrogens is 495 g/mol. The standard InChI is InChI=1S/C14H24N4.C12H18N4.2ClH/c1-15-9-11-17(13-15)7-5-3-4-6-8-18-12-10-16(2)14-18;1(3-7-15-9-5-13-11-15)2-4-8-16-10-6-14-12-16;;/h9-14H,3-8H2,1-2H3;5-6,9-12H,1-4,7-8H2;2*1H/q+2;;;/p-2. The molecule has 10 heteroatoms. The normalized spacial score (nSPS) is 10.3. The third-order valence-corrected chi connectivity index (χ3v) is 5.93. The largest absolute Gasteiger partial charge is 1.00 e. The van der Waals surface area contributed by atoms with Crippen LogP contribution in [0, 0.1) is 0 Å². The van der Waals surface area contributed by atoms with E-state index in [1.165, 1.54) is 51.4 Å². The number of hydrogen-bond acceptors (Lipinski definition) is 2. The van der Waals surface area contributed by atoms with Gasteiger partial charge in [0.15, 0.2) is 0 Å². The second kappa shape index (κ2) is 18.7. The molecule has 0 aromatic carbocycles. The summed E-state index contributed by atoms with van der Waals surface area (Å²) in [5.74, 6) is 0. The molecule has 0 saturated carbocycles. The van der Waals surface area contributed by atoms with Crippen molar-refractivity contribution in [3.05, 3.63) is 74.9 Å². The first kappa shape index (κ1) is 31.4. The highest BCUT2D eigenvalue weighted by Gasteiger charge is 2.01. The number of unbranched alkanes of at least 4 members (excludes halogenated alkanes) is 6. The summed E-state index contributed by atoms with van der Waals surface area (Å²) in [5, 5.41) is 0. The predicted molar refractivity (Wildman–Crippen MR) is 133 cm³/mol. The van der Waals surface area contributed by atoms with Crippen molar-refractivity contribution in [2.75, 3.05) is 0 Å². The number of halogens is 2. The fourth-order valence-electron chi connectivity index (χ4n) is 3.99. The van der Waals surface area contributed by atoms with Crippen molar-refractivity contribution in [1.29, 1.82) is 0 Å². The molecule has 0 spiro atoms. The van der Waals surface area contributed by atoms with Crippen molar-refractivity contribution >= 4 is 0 Å². The van der Waals surface area contributed by atoms with Crippen LogP contribution in [0.3, 0.4) is 0 Å². The molecule has 0 unspecified atom stereocenters. The number of nitrogens with zero attached hydrogens (tertiary/aromatic N) is 8. The van der Waals surface area contributed by atoms with Gasteiger partial charge in [0, 0.05) is 37.9 Å². The van der Waals surface area contributed by atoms with E-state index >= 15 is 0 Å². The van der Waals surface area contributed by atoms with E-state index in [0.29, 0.717) is 0 Å². The molecule has 0 aliphatic rings. The topological polar surface area (TPSA) is 53.3 Å². The molecule has 8 nitrogen and oxygen atoms in total. The summed E-state index contributed by atoms with van der Waals surface area (Å²) in [4.78, 5) is 8.05. The molecular formula is C26H42Cl2N8. The van der Waals surface area contributed by atoms with Crippen molar-refractivity contribution in [2.24, 2.45) is 14.1 Å². The number of aryl methyl sites for hydroxylation is 6. The van der Waals surface area contributed by atoms with Gasteiger partial charge in [-0.05, 0) is 38.5 Å². The maximum Gasteiger partial charge on any atom is 0.243 e. The van der Waals surface area contributed by atoms with Gasteiger partial charge >= 0.3 is 0 Å². The third kappa shape index (κ3) is 12.9. The minimum absolute atomic E-state index is 0. The molecule has 0 N–H and O–H groups in total. The van der Waals surface area contributed by atoms with Gasteiger partial charge < -0.3 is 33.9 Å². The van der Waals surface area contributed by atoms with Gasteiger partial charge in [-0.3, -0.25) is 0 Å². The summed E-state index contributed by atoms with van der Waals surface area (Å²) in [6.07, 6.45) is 34.4. The van der Waals surface area contributed by atoms with Crippen LogP contribution in [-0.2, 0) is 40.3 Å². The van der Waals surface area contributed by atoms with Crippen LogP contribution in [0.25, 0.3) is 0 Å². The Morgan fingerprint density at radius 3 is 1.14 bits per heavy atom. The molecule has 0 fully saturated rings. The van der Waals surface area contributed by atoms with Crippen molar-refractivity contribution < 1.29 is 33.9 Å². The van der Waals surface area contributed by atoms with Crippen LogP contribution in [0.5, 0.6) is 0 Å². The van der Waals surface area contributed by atoms with Gasteiger partial charge in [0.25, 0.3) is 0 Å². The number of hydrogen-bond donors (Lipinski definition) is 0. The van der Waals surface area contributed by atoms with Gasteiger partial charge in [-0.1, -0.05) is 12.8 Å². The Balaban J connectivity index is 0.000000343. The lowest BCUT2D eigenvalue weighted by Gasteiger charge is -2.03. The van der Waals surface area contributed by atoms with Crippen molar-refractivity contribution in [1.82, 2.24) is 28.2 Å². The highest BCUT2D eigenvalue weighted by Crippen LogP contribution is 2.05. The van der Waals surface area contributed by atoms with E-state index in [9.17, 15) is 0 Å². The monoisotopic (exact) mass is 536 g/mol. The summed E-state index contributed by atoms with van der Waals surface area (Å²) in [7, 11) is 4.13. The first-order valence-corrected chi connectivity index (χ1v) is 12.6. The second-order valence-corrected chi connectivity index (χ2v) is 9.06. The molecule has 0 saturated heterocycles. The lowest BCUT2D eigenvalue weighted by Crippen LogP contribution is -3.00. The fourth-order valence-corrected chi connectivity index (χ4v) is 3.99. The number of rotatable bonds is 14. The molecule has 0 bridgehead atoms. The minimum Gasteiger partial charge on any atom is -1.00 e. The van der Waals surface area contributed by atoms with Crippen molar-refractivity contribution in [3.63, 3.8) is 0 Å². The summed E-state index contributed by atoms with van der Waals surface area (Å²) in [6, 6.07) is 0. The molecule has 4 heterocycles. The smallest absolute Gasteiger partial charge is 0.243 e. The maximum absolute atomic E-state index is 4.02. The van der Waals surface area contributed by atoms with E-state index in [0.717, 1.165) is 26.2 Å². The highest BCUT2D eigenvalue weighted by molar-refractivity contribution is 4.74. The Labute approximate surface area is 228 Å². The molecule has 0 aliphatic heterocycles. The molecule has 36 heavy (non-hydrogen) atoms. The van der Waals surface area contributed by atoms with E-state index in [2.05, 4.69) is 88.9 Å². The van der Waals surface area contributed by atoms with Gasteiger partial charge in [-0.15, -0.1) is 0 Å². The fraction of sp³-hybridized carbons (Fsp3) is 0.538. The third-order valence-electron chi connectivity index (χ3n) is 5.93. The van der Waals surface area contributed by atoms with Crippen molar-refractivity contribution in [3.8, 4) is 0 Å². The van der Waals surface area contributed by atoms with E-state index in [4.69, 9.17) is 0 Å². The number of imidazole rings is 4. The van der Waals surface area contributed by atoms with Crippen LogP contribution < -0.4 is 33.9 Å². The van der Waals surface area contributed by atoms with E-state index < -0.39 is 0 Å². The Bertz CT molecular complexity index is 926. The molecule has 0 aliphatic carbocycles. The lowest BCUT2D eigenvalue weighted by molar-refractivity contribution is -0.671. The van der Waals surface area contributed by atoms with Crippen molar-refractivity contribution in [2.45, 2.75) is 77.5 Å². The predicted octanol–water partition coefficient (Wildman–Crippen LogP) is -2.45. The molecule has 0 atom stereocenters. The number of aromatic nitrogens is 8. The highest BCUT2D eigenvalue weighted by atomic mass is 35.5. The Kier molecular flexibility index (Phi) is 16.3. The van der Waals surface area contributed by atoms with E-state index in [-0.39, 0.29) is 24.8 Å². The molecule has 4 aromatic rings. The van der Waals surface area contributed by atoms with Gasteiger partial charge in [-0.25, -0.2) is 28.2 Å². The zero-order valence-corrected chi connectivity index (χ0v) is 23.3. The average Bonchev–Trinajstić information content (AvgIpc) is 3.64. The first-order chi connectivity index (χ1) is 16.7.